The monoisotopic (exact) mass is 322 g/mol. The maximum Gasteiger partial charge on any atom is 0.317 e. The minimum Gasteiger partial charge on any atom is -0.493 e. The predicted octanol–water partition coefficient (Wildman–Crippen LogP) is 2.14. The Labute approximate surface area is 137 Å². The maximum atomic E-state index is 12.1. The Balaban J connectivity index is 1.75. The van der Waals surface area contributed by atoms with Crippen LogP contribution < -0.4 is 14.8 Å². The van der Waals surface area contributed by atoms with Crippen molar-refractivity contribution >= 4 is 6.03 Å². The Morgan fingerprint density at radius 2 is 1.91 bits per heavy atom. The van der Waals surface area contributed by atoms with Gasteiger partial charge in [0.2, 0.25) is 0 Å². The summed E-state index contributed by atoms with van der Waals surface area (Å²) in [4.78, 5) is 13.8. The van der Waals surface area contributed by atoms with Crippen LogP contribution in [0.5, 0.6) is 11.5 Å². The standard InChI is InChI=1S/C17H26N2O4/c1-17(2,12-21-3)11-18-16(20)19-9-13(10-19)23-15-8-6-5-7-14(15)22-4/h5-8,13H,9-12H2,1-4H3,(H,18,20). The number of nitrogens with zero attached hydrogens (tertiary/aromatic N) is 1. The van der Waals surface area contributed by atoms with Crippen molar-refractivity contribution in [3.8, 4) is 11.5 Å². The SMILES string of the molecule is COCC(C)(C)CNC(=O)N1CC(Oc2ccccc2OC)C1. The normalized spacial score (nSPS) is 15.0. The molecule has 0 unspecified atom stereocenters. The first-order chi connectivity index (χ1) is 10.9. The zero-order valence-corrected chi connectivity index (χ0v) is 14.3. The van der Waals surface area contributed by atoms with Gasteiger partial charge in [0.05, 0.1) is 26.8 Å². The van der Waals surface area contributed by atoms with E-state index >= 15 is 0 Å². The van der Waals surface area contributed by atoms with Crippen LogP contribution in [0.4, 0.5) is 4.79 Å². The molecule has 6 nitrogen and oxygen atoms in total. The Bertz CT molecular complexity index is 527. The molecule has 128 valence electrons. The Morgan fingerprint density at radius 3 is 2.52 bits per heavy atom. The van der Waals surface area contributed by atoms with Gasteiger partial charge in [-0.15, -0.1) is 0 Å². The largest absolute Gasteiger partial charge is 0.493 e. The zero-order valence-electron chi connectivity index (χ0n) is 14.3. The van der Waals surface area contributed by atoms with E-state index in [1.54, 1.807) is 19.1 Å². The molecule has 2 rings (SSSR count). The van der Waals surface area contributed by atoms with E-state index in [1.165, 1.54) is 0 Å². The van der Waals surface area contributed by atoms with Gasteiger partial charge in [-0.1, -0.05) is 26.0 Å². The van der Waals surface area contributed by atoms with Crippen molar-refractivity contribution in [1.29, 1.82) is 0 Å². The van der Waals surface area contributed by atoms with Gasteiger partial charge >= 0.3 is 6.03 Å². The van der Waals surface area contributed by atoms with Crippen LogP contribution in [0.2, 0.25) is 0 Å². The molecule has 23 heavy (non-hydrogen) atoms. The van der Waals surface area contributed by atoms with Crippen LogP contribution in [-0.2, 0) is 4.74 Å². The number of rotatable bonds is 7. The highest BCUT2D eigenvalue weighted by Crippen LogP contribution is 2.28. The number of hydrogen-bond donors (Lipinski definition) is 1. The smallest absolute Gasteiger partial charge is 0.317 e. The average molecular weight is 322 g/mol. The van der Waals surface area contributed by atoms with E-state index < -0.39 is 0 Å². The number of likely N-dealkylation sites (tertiary alicyclic amines) is 1. The topological polar surface area (TPSA) is 60.0 Å². The van der Waals surface area contributed by atoms with Gasteiger partial charge in [-0.25, -0.2) is 4.79 Å². The van der Waals surface area contributed by atoms with Gasteiger partial charge in [-0.3, -0.25) is 0 Å². The van der Waals surface area contributed by atoms with Crippen LogP contribution >= 0.6 is 0 Å². The van der Waals surface area contributed by atoms with Crippen molar-refractivity contribution < 1.29 is 19.0 Å². The van der Waals surface area contributed by atoms with Crippen LogP contribution in [0.15, 0.2) is 24.3 Å². The second-order valence-electron chi connectivity index (χ2n) is 6.55. The summed E-state index contributed by atoms with van der Waals surface area (Å²) in [5.74, 6) is 1.41. The molecule has 6 heteroatoms. The number of urea groups is 1. The van der Waals surface area contributed by atoms with E-state index in [4.69, 9.17) is 14.2 Å². The lowest BCUT2D eigenvalue weighted by Crippen LogP contribution is -2.59. The number of nitrogens with one attached hydrogen (secondary N) is 1. The molecule has 1 aliphatic rings. The van der Waals surface area contributed by atoms with E-state index in [0.29, 0.717) is 37.7 Å². The molecule has 1 saturated heterocycles. The van der Waals surface area contributed by atoms with Crippen LogP contribution in [0, 0.1) is 5.41 Å². The van der Waals surface area contributed by atoms with E-state index in [0.717, 1.165) is 0 Å². The van der Waals surface area contributed by atoms with Gasteiger partial charge < -0.3 is 24.4 Å². The number of carbonyl (C=O) groups is 1. The molecular formula is C17H26N2O4. The third kappa shape index (κ3) is 4.76. The fraction of sp³-hybridized carbons (Fsp3) is 0.588. The molecular weight excluding hydrogens is 296 g/mol. The molecule has 2 amide bonds. The van der Waals surface area contributed by atoms with E-state index in [2.05, 4.69) is 19.2 Å². The number of ether oxygens (including phenoxy) is 3. The molecule has 0 aliphatic carbocycles. The minimum absolute atomic E-state index is 0.00374. The number of amides is 2. The summed E-state index contributed by atoms with van der Waals surface area (Å²) in [5, 5.41) is 2.94. The molecule has 0 radical (unpaired) electrons. The van der Waals surface area contributed by atoms with Gasteiger partial charge in [0.1, 0.15) is 6.10 Å². The highest BCUT2D eigenvalue weighted by atomic mass is 16.5. The molecule has 0 aromatic heterocycles. The molecule has 1 N–H and O–H groups in total. The first kappa shape index (κ1) is 17.4. The first-order valence-electron chi connectivity index (χ1n) is 7.76. The molecule has 0 bridgehead atoms. The van der Waals surface area contributed by atoms with Crippen LogP contribution in [0.3, 0.4) is 0 Å². The maximum absolute atomic E-state index is 12.1. The van der Waals surface area contributed by atoms with Crippen molar-refractivity contribution in [2.45, 2.75) is 20.0 Å². The highest BCUT2D eigenvalue weighted by molar-refractivity contribution is 5.75. The predicted molar refractivity (Wildman–Crippen MR) is 88.0 cm³/mol. The van der Waals surface area contributed by atoms with E-state index in [1.807, 2.05) is 24.3 Å². The zero-order chi connectivity index (χ0) is 16.9. The lowest BCUT2D eigenvalue weighted by Gasteiger charge is -2.39. The van der Waals surface area contributed by atoms with Crippen molar-refractivity contribution in [1.82, 2.24) is 10.2 Å². The molecule has 0 saturated carbocycles. The lowest BCUT2D eigenvalue weighted by molar-refractivity contribution is 0.0403. The van der Waals surface area contributed by atoms with Gasteiger partial charge in [0, 0.05) is 19.1 Å². The third-order valence-corrected chi connectivity index (χ3v) is 3.75. The highest BCUT2D eigenvalue weighted by Gasteiger charge is 2.33. The number of carbonyl (C=O) groups excluding carboxylic acids is 1. The van der Waals surface area contributed by atoms with E-state index in [-0.39, 0.29) is 17.6 Å². The Kier molecular flexibility index (Phi) is 5.71. The second kappa shape index (κ2) is 7.55. The van der Waals surface area contributed by atoms with Crippen molar-refractivity contribution in [3.63, 3.8) is 0 Å². The Morgan fingerprint density at radius 1 is 1.26 bits per heavy atom. The van der Waals surface area contributed by atoms with E-state index in [9.17, 15) is 4.79 Å². The summed E-state index contributed by atoms with van der Waals surface area (Å²) in [6, 6.07) is 7.46. The van der Waals surface area contributed by atoms with Crippen molar-refractivity contribution in [3.05, 3.63) is 24.3 Å². The number of hydrogen-bond acceptors (Lipinski definition) is 4. The summed E-state index contributed by atoms with van der Waals surface area (Å²) >= 11 is 0. The molecule has 1 aliphatic heterocycles. The fourth-order valence-electron chi connectivity index (χ4n) is 2.44. The summed E-state index contributed by atoms with van der Waals surface area (Å²) in [7, 11) is 3.28. The number of benzene rings is 1. The second-order valence-corrected chi connectivity index (χ2v) is 6.55. The summed E-state index contributed by atoms with van der Waals surface area (Å²) in [5.41, 5.74) is -0.0808. The third-order valence-electron chi connectivity index (χ3n) is 3.75. The van der Waals surface area contributed by atoms with Crippen molar-refractivity contribution in [2.24, 2.45) is 5.41 Å². The molecule has 1 aromatic carbocycles. The van der Waals surface area contributed by atoms with Crippen LogP contribution in [0.25, 0.3) is 0 Å². The van der Waals surface area contributed by atoms with Gasteiger partial charge in [-0.05, 0) is 12.1 Å². The first-order valence-corrected chi connectivity index (χ1v) is 7.76. The molecule has 1 fully saturated rings. The van der Waals surface area contributed by atoms with Gasteiger partial charge in [0.15, 0.2) is 11.5 Å². The summed E-state index contributed by atoms with van der Waals surface area (Å²) in [6.45, 7) is 6.45. The van der Waals surface area contributed by atoms with Gasteiger partial charge in [-0.2, -0.15) is 0 Å². The average Bonchev–Trinajstić information content (AvgIpc) is 2.48. The quantitative estimate of drug-likeness (QED) is 0.835. The molecule has 1 heterocycles. The van der Waals surface area contributed by atoms with Gasteiger partial charge in [0.25, 0.3) is 0 Å². The van der Waals surface area contributed by atoms with Crippen LogP contribution in [-0.4, -0.2) is 57.5 Å². The molecule has 1 aromatic rings. The fourth-order valence-corrected chi connectivity index (χ4v) is 2.44. The molecule has 0 spiro atoms. The summed E-state index contributed by atoms with van der Waals surface area (Å²) in [6.07, 6.45) is 0.00374. The minimum atomic E-state index is -0.0808. The van der Waals surface area contributed by atoms with Crippen LogP contribution in [0.1, 0.15) is 13.8 Å². The Hall–Kier alpha value is -1.95. The van der Waals surface area contributed by atoms with Crippen molar-refractivity contribution in [2.75, 3.05) is 40.5 Å². The molecule has 0 atom stereocenters. The number of methoxy groups -OCH3 is 2. The lowest BCUT2D eigenvalue weighted by atomic mass is 9.95. The number of para-hydroxylation sites is 2. The summed E-state index contributed by atoms with van der Waals surface area (Å²) < 4.78 is 16.3.